The lowest BCUT2D eigenvalue weighted by molar-refractivity contribution is 0.0790. The van der Waals surface area contributed by atoms with Crippen molar-refractivity contribution in [1.29, 1.82) is 0 Å². The van der Waals surface area contributed by atoms with Crippen molar-refractivity contribution in [3.63, 3.8) is 0 Å². The van der Waals surface area contributed by atoms with Gasteiger partial charge in [0.05, 0.1) is 6.54 Å². The maximum atomic E-state index is 12.4. The van der Waals surface area contributed by atoms with Crippen molar-refractivity contribution in [2.75, 3.05) is 40.8 Å². The molecule has 1 amide bonds. The van der Waals surface area contributed by atoms with Gasteiger partial charge in [-0.25, -0.2) is 0 Å². The SMILES string of the molecule is Cc1cc(C(=O)N(C)CCCN(C)C)ccc1C#CCN. The number of hydrogen-bond acceptors (Lipinski definition) is 3. The molecule has 0 heterocycles. The third-order valence-corrected chi connectivity index (χ3v) is 3.24. The second-order valence-electron chi connectivity index (χ2n) is 5.42. The van der Waals surface area contributed by atoms with Crippen molar-refractivity contribution in [2.45, 2.75) is 13.3 Å². The highest BCUT2D eigenvalue weighted by Crippen LogP contribution is 2.12. The zero-order valence-electron chi connectivity index (χ0n) is 13.4. The van der Waals surface area contributed by atoms with Crippen LogP contribution in [-0.2, 0) is 0 Å². The molecule has 0 aliphatic carbocycles. The van der Waals surface area contributed by atoms with Crippen LogP contribution in [0.3, 0.4) is 0 Å². The molecule has 1 aromatic rings. The molecule has 1 aromatic carbocycles. The molecule has 0 unspecified atom stereocenters. The Morgan fingerprint density at radius 1 is 1.24 bits per heavy atom. The van der Waals surface area contributed by atoms with Gasteiger partial charge < -0.3 is 15.5 Å². The Bertz CT molecular complexity index is 541. The lowest BCUT2D eigenvalue weighted by Crippen LogP contribution is -2.29. The summed E-state index contributed by atoms with van der Waals surface area (Å²) in [7, 11) is 5.91. The van der Waals surface area contributed by atoms with E-state index in [9.17, 15) is 4.79 Å². The van der Waals surface area contributed by atoms with E-state index in [1.54, 1.807) is 4.90 Å². The topological polar surface area (TPSA) is 49.6 Å². The second-order valence-corrected chi connectivity index (χ2v) is 5.42. The van der Waals surface area contributed by atoms with Crippen molar-refractivity contribution in [1.82, 2.24) is 9.80 Å². The van der Waals surface area contributed by atoms with E-state index in [0.29, 0.717) is 12.1 Å². The molecule has 0 spiro atoms. The van der Waals surface area contributed by atoms with Crippen LogP contribution in [0.2, 0.25) is 0 Å². The predicted molar refractivity (Wildman–Crippen MR) is 87.2 cm³/mol. The Morgan fingerprint density at radius 3 is 2.52 bits per heavy atom. The van der Waals surface area contributed by atoms with E-state index in [1.807, 2.05) is 46.3 Å². The van der Waals surface area contributed by atoms with Crippen molar-refractivity contribution in [3.8, 4) is 11.8 Å². The number of rotatable bonds is 5. The molecule has 2 N–H and O–H groups in total. The summed E-state index contributed by atoms with van der Waals surface area (Å²) in [6.07, 6.45) is 0.967. The number of carbonyl (C=O) groups is 1. The minimum Gasteiger partial charge on any atom is -0.342 e. The Balaban J connectivity index is 2.72. The Morgan fingerprint density at radius 2 is 1.95 bits per heavy atom. The van der Waals surface area contributed by atoms with E-state index in [-0.39, 0.29) is 5.91 Å². The lowest BCUT2D eigenvalue weighted by atomic mass is 10.0. The van der Waals surface area contributed by atoms with Crippen molar-refractivity contribution >= 4 is 5.91 Å². The molecule has 0 aromatic heterocycles. The molecule has 0 saturated carbocycles. The molecule has 0 bridgehead atoms. The number of benzene rings is 1. The first kappa shape index (κ1) is 17.2. The van der Waals surface area contributed by atoms with Gasteiger partial charge in [-0.3, -0.25) is 4.79 Å². The smallest absolute Gasteiger partial charge is 0.253 e. The van der Waals surface area contributed by atoms with Gasteiger partial charge in [0.15, 0.2) is 0 Å². The fourth-order valence-electron chi connectivity index (χ4n) is 2.03. The summed E-state index contributed by atoms with van der Waals surface area (Å²) in [6.45, 7) is 4.03. The summed E-state index contributed by atoms with van der Waals surface area (Å²) in [5.41, 5.74) is 8.01. The van der Waals surface area contributed by atoms with Crippen LogP contribution in [0.1, 0.15) is 27.9 Å². The van der Waals surface area contributed by atoms with Crippen LogP contribution in [-0.4, -0.2) is 56.5 Å². The Kier molecular flexibility index (Phi) is 6.93. The van der Waals surface area contributed by atoms with Crippen LogP contribution in [0.15, 0.2) is 18.2 Å². The van der Waals surface area contributed by atoms with Crippen LogP contribution in [0.4, 0.5) is 0 Å². The highest BCUT2D eigenvalue weighted by molar-refractivity contribution is 5.94. The molecule has 0 atom stereocenters. The number of nitrogens with two attached hydrogens (primary N) is 1. The molecule has 0 radical (unpaired) electrons. The number of aryl methyl sites for hydroxylation is 1. The fourth-order valence-corrected chi connectivity index (χ4v) is 2.03. The monoisotopic (exact) mass is 287 g/mol. The molecule has 4 heteroatoms. The first-order chi connectivity index (χ1) is 9.95. The maximum Gasteiger partial charge on any atom is 0.253 e. The second kappa shape index (κ2) is 8.46. The molecule has 114 valence electrons. The normalized spacial score (nSPS) is 10.2. The molecule has 1 rings (SSSR count). The number of nitrogens with zero attached hydrogens (tertiary/aromatic N) is 2. The predicted octanol–water partition coefficient (Wildman–Crippen LogP) is 1.33. The van der Waals surface area contributed by atoms with Gasteiger partial charge in [0.2, 0.25) is 0 Å². The van der Waals surface area contributed by atoms with Crippen LogP contribution in [0.5, 0.6) is 0 Å². The van der Waals surface area contributed by atoms with Gasteiger partial charge >= 0.3 is 0 Å². The van der Waals surface area contributed by atoms with Crippen molar-refractivity contribution in [2.24, 2.45) is 5.73 Å². The molecular formula is C17H25N3O. The van der Waals surface area contributed by atoms with E-state index < -0.39 is 0 Å². The van der Waals surface area contributed by atoms with Gasteiger partial charge in [-0.05, 0) is 57.7 Å². The minimum absolute atomic E-state index is 0.0511. The van der Waals surface area contributed by atoms with Gasteiger partial charge in [-0.15, -0.1) is 0 Å². The van der Waals surface area contributed by atoms with E-state index in [4.69, 9.17) is 5.73 Å². The summed E-state index contributed by atoms with van der Waals surface area (Å²) in [5, 5.41) is 0. The average Bonchev–Trinajstić information content (AvgIpc) is 2.44. The quantitative estimate of drug-likeness (QED) is 0.831. The van der Waals surface area contributed by atoms with Gasteiger partial charge in [0.25, 0.3) is 5.91 Å². The molecular weight excluding hydrogens is 262 g/mol. The standard InChI is InChI=1S/C17H25N3O/c1-14-13-16(9-8-15(14)7-5-10-18)17(21)20(4)12-6-11-19(2)3/h8-9,13H,6,10-12,18H2,1-4H3. The van der Waals surface area contributed by atoms with Crippen LogP contribution in [0.25, 0.3) is 0 Å². The number of carbonyl (C=O) groups excluding carboxylic acids is 1. The third-order valence-electron chi connectivity index (χ3n) is 3.24. The first-order valence-electron chi connectivity index (χ1n) is 7.15. The zero-order valence-corrected chi connectivity index (χ0v) is 13.4. The van der Waals surface area contributed by atoms with Crippen molar-refractivity contribution in [3.05, 3.63) is 34.9 Å². The maximum absolute atomic E-state index is 12.4. The molecule has 21 heavy (non-hydrogen) atoms. The highest BCUT2D eigenvalue weighted by atomic mass is 16.2. The van der Waals surface area contributed by atoms with E-state index in [0.717, 1.165) is 30.6 Å². The fraction of sp³-hybridized carbons (Fsp3) is 0.471. The highest BCUT2D eigenvalue weighted by Gasteiger charge is 2.12. The minimum atomic E-state index is 0.0511. The Labute approximate surface area is 127 Å². The zero-order chi connectivity index (χ0) is 15.8. The molecule has 0 aliphatic heterocycles. The van der Waals surface area contributed by atoms with Gasteiger partial charge in [-0.2, -0.15) is 0 Å². The summed E-state index contributed by atoms with van der Waals surface area (Å²) in [4.78, 5) is 16.2. The molecule has 0 aliphatic rings. The summed E-state index contributed by atoms with van der Waals surface area (Å²) in [5.74, 6) is 5.89. The van der Waals surface area contributed by atoms with E-state index >= 15 is 0 Å². The molecule has 0 saturated heterocycles. The average molecular weight is 287 g/mol. The lowest BCUT2D eigenvalue weighted by Gasteiger charge is -2.19. The molecule has 0 fully saturated rings. The summed E-state index contributed by atoms with van der Waals surface area (Å²) >= 11 is 0. The van der Waals surface area contributed by atoms with Gasteiger partial charge in [0, 0.05) is 24.7 Å². The van der Waals surface area contributed by atoms with Crippen LogP contribution in [0, 0.1) is 18.8 Å². The molecule has 4 nitrogen and oxygen atoms in total. The van der Waals surface area contributed by atoms with Gasteiger partial charge in [0.1, 0.15) is 0 Å². The van der Waals surface area contributed by atoms with Crippen LogP contribution >= 0.6 is 0 Å². The number of amides is 1. The third kappa shape index (κ3) is 5.58. The van der Waals surface area contributed by atoms with E-state index in [2.05, 4.69) is 16.7 Å². The number of hydrogen-bond donors (Lipinski definition) is 1. The largest absolute Gasteiger partial charge is 0.342 e. The first-order valence-corrected chi connectivity index (χ1v) is 7.15. The van der Waals surface area contributed by atoms with Gasteiger partial charge in [-0.1, -0.05) is 11.8 Å². The van der Waals surface area contributed by atoms with E-state index in [1.165, 1.54) is 0 Å². The van der Waals surface area contributed by atoms with Crippen LogP contribution < -0.4 is 5.73 Å². The van der Waals surface area contributed by atoms with Crippen molar-refractivity contribution < 1.29 is 4.79 Å². The summed E-state index contributed by atoms with van der Waals surface area (Å²) in [6, 6.07) is 5.61. The summed E-state index contributed by atoms with van der Waals surface area (Å²) < 4.78 is 0. The Hall–Kier alpha value is -1.83.